The van der Waals surface area contributed by atoms with Crippen LogP contribution in [0.5, 0.6) is 5.75 Å². The van der Waals surface area contributed by atoms with E-state index in [9.17, 15) is 4.79 Å². The standard InChI is InChI=1S/C19H31N3O2/c1-4-11-24-16-7-5-15(6-8-16)12-21-18(23)13-22-10-9-17(20)19(2,3)14-22/h5-8,17H,4,9-14,20H2,1-3H3,(H,21,23). The van der Waals surface area contributed by atoms with Crippen LogP contribution < -0.4 is 15.8 Å². The Morgan fingerprint density at radius 3 is 2.71 bits per heavy atom. The van der Waals surface area contributed by atoms with E-state index in [4.69, 9.17) is 10.5 Å². The van der Waals surface area contributed by atoms with Gasteiger partial charge in [0.2, 0.25) is 5.91 Å². The third-order valence-corrected chi connectivity index (χ3v) is 4.64. The van der Waals surface area contributed by atoms with Crippen molar-refractivity contribution in [2.75, 3.05) is 26.2 Å². The largest absolute Gasteiger partial charge is 0.494 e. The van der Waals surface area contributed by atoms with Crippen LogP contribution in [-0.4, -0.2) is 43.1 Å². The number of hydrogen-bond acceptors (Lipinski definition) is 4. The van der Waals surface area contributed by atoms with Crippen molar-refractivity contribution in [3.05, 3.63) is 29.8 Å². The average Bonchev–Trinajstić information content (AvgIpc) is 2.55. The predicted octanol–water partition coefficient (Wildman–Crippen LogP) is 2.15. The number of amides is 1. The highest BCUT2D eigenvalue weighted by Gasteiger charge is 2.33. The molecule has 0 saturated carbocycles. The molecule has 3 N–H and O–H groups in total. The molecule has 134 valence electrons. The second-order valence-corrected chi connectivity index (χ2v) is 7.36. The maximum atomic E-state index is 12.2. The first-order valence-corrected chi connectivity index (χ1v) is 8.87. The van der Waals surface area contributed by atoms with E-state index in [2.05, 4.69) is 31.0 Å². The molecule has 1 amide bonds. The molecule has 1 fully saturated rings. The SMILES string of the molecule is CCCOc1ccc(CNC(=O)CN2CCC(N)C(C)(C)C2)cc1. The van der Waals surface area contributed by atoms with E-state index in [1.54, 1.807) is 0 Å². The molecule has 1 atom stereocenters. The third-order valence-electron chi connectivity index (χ3n) is 4.64. The lowest BCUT2D eigenvalue weighted by Crippen LogP contribution is -2.54. The van der Waals surface area contributed by atoms with Gasteiger partial charge in [-0.25, -0.2) is 0 Å². The van der Waals surface area contributed by atoms with Gasteiger partial charge in [-0.2, -0.15) is 0 Å². The minimum absolute atomic E-state index is 0.0624. The maximum absolute atomic E-state index is 12.2. The van der Waals surface area contributed by atoms with Crippen molar-refractivity contribution in [2.24, 2.45) is 11.1 Å². The molecule has 0 spiro atoms. The van der Waals surface area contributed by atoms with Crippen LogP contribution >= 0.6 is 0 Å². The summed E-state index contributed by atoms with van der Waals surface area (Å²) in [5.74, 6) is 0.936. The number of likely N-dealkylation sites (tertiary alicyclic amines) is 1. The molecule has 1 heterocycles. The Morgan fingerprint density at radius 2 is 2.08 bits per heavy atom. The molecule has 1 saturated heterocycles. The van der Waals surface area contributed by atoms with E-state index in [1.165, 1.54) is 0 Å². The van der Waals surface area contributed by atoms with E-state index < -0.39 is 0 Å². The van der Waals surface area contributed by atoms with Gasteiger partial charge >= 0.3 is 0 Å². The number of nitrogens with one attached hydrogen (secondary N) is 1. The summed E-state index contributed by atoms with van der Waals surface area (Å²) in [6.07, 6.45) is 1.94. The van der Waals surface area contributed by atoms with Gasteiger partial charge in [0, 0.05) is 25.7 Å². The Hall–Kier alpha value is -1.59. The molecular weight excluding hydrogens is 302 g/mol. The Kier molecular flexibility index (Phi) is 6.63. The van der Waals surface area contributed by atoms with Crippen molar-refractivity contribution in [1.29, 1.82) is 0 Å². The minimum atomic E-state index is 0.0624. The molecule has 5 heteroatoms. The maximum Gasteiger partial charge on any atom is 0.234 e. The fourth-order valence-corrected chi connectivity index (χ4v) is 3.00. The number of carbonyl (C=O) groups is 1. The van der Waals surface area contributed by atoms with Crippen LogP contribution in [0.15, 0.2) is 24.3 Å². The van der Waals surface area contributed by atoms with Crippen LogP contribution in [0.3, 0.4) is 0 Å². The molecule has 5 nitrogen and oxygen atoms in total. The van der Waals surface area contributed by atoms with Gasteiger partial charge in [-0.15, -0.1) is 0 Å². The normalized spacial score (nSPS) is 20.6. The van der Waals surface area contributed by atoms with Crippen molar-refractivity contribution in [1.82, 2.24) is 10.2 Å². The summed E-state index contributed by atoms with van der Waals surface area (Å²) in [6, 6.07) is 8.10. The Morgan fingerprint density at radius 1 is 1.38 bits per heavy atom. The molecule has 1 aliphatic heterocycles. The molecule has 1 aliphatic rings. The predicted molar refractivity (Wildman–Crippen MR) is 96.9 cm³/mol. The molecule has 24 heavy (non-hydrogen) atoms. The summed E-state index contributed by atoms with van der Waals surface area (Å²) in [6.45, 7) is 9.89. The van der Waals surface area contributed by atoms with Gasteiger partial charge in [0.15, 0.2) is 0 Å². The number of piperidine rings is 1. The first-order valence-electron chi connectivity index (χ1n) is 8.87. The lowest BCUT2D eigenvalue weighted by Gasteiger charge is -2.42. The van der Waals surface area contributed by atoms with Crippen molar-refractivity contribution >= 4 is 5.91 Å². The summed E-state index contributed by atoms with van der Waals surface area (Å²) in [5, 5.41) is 2.99. The minimum Gasteiger partial charge on any atom is -0.494 e. The number of ether oxygens (including phenoxy) is 1. The van der Waals surface area contributed by atoms with Crippen LogP contribution in [0.2, 0.25) is 0 Å². The monoisotopic (exact) mass is 333 g/mol. The topological polar surface area (TPSA) is 67.6 Å². The van der Waals surface area contributed by atoms with Crippen molar-refractivity contribution in [2.45, 2.75) is 46.2 Å². The number of rotatable bonds is 7. The zero-order chi connectivity index (χ0) is 17.6. The van der Waals surface area contributed by atoms with Crippen LogP contribution in [-0.2, 0) is 11.3 Å². The molecule has 1 aromatic rings. The highest BCUT2D eigenvalue weighted by molar-refractivity contribution is 5.78. The molecule has 0 aliphatic carbocycles. The van der Waals surface area contributed by atoms with E-state index in [-0.39, 0.29) is 17.4 Å². The Balaban J connectivity index is 1.75. The van der Waals surface area contributed by atoms with Gasteiger partial charge in [0.1, 0.15) is 5.75 Å². The highest BCUT2D eigenvalue weighted by atomic mass is 16.5. The van der Waals surface area contributed by atoms with E-state index in [0.29, 0.717) is 13.1 Å². The number of nitrogens with zero attached hydrogens (tertiary/aromatic N) is 1. The van der Waals surface area contributed by atoms with Crippen LogP contribution in [0.4, 0.5) is 0 Å². The van der Waals surface area contributed by atoms with Crippen LogP contribution in [0.25, 0.3) is 0 Å². The fourth-order valence-electron chi connectivity index (χ4n) is 3.00. The summed E-state index contributed by atoms with van der Waals surface area (Å²) in [4.78, 5) is 14.4. The molecule has 2 rings (SSSR count). The van der Waals surface area contributed by atoms with Gasteiger partial charge in [-0.05, 0) is 36.0 Å². The number of hydrogen-bond donors (Lipinski definition) is 2. The van der Waals surface area contributed by atoms with E-state index >= 15 is 0 Å². The second-order valence-electron chi connectivity index (χ2n) is 7.36. The van der Waals surface area contributed by atoms with Crippen molar-refractivity contribution in [3.8, 4) is 5.75 Å². The molecule has 0 aromatic heterocycles. The van der Waals surface area contributed by atoms with E-state index in [1.807, 2.05) is 24.3 Å². The zero-order valence-electron chi connectivity index (χ0n) is 15.2. The molecular formula is C19H31N3O2. The molecule has 0 radical (unpaired) electrons. The first-order chi connectivity index (χ1) is 11.4. The van der Waals surface area contributed by atoms with Gasteiger partial charge in [0.05, 0.1) is 13.2 Å². The molecule has 1 unspecified atom stereocenters. The lowest BCUT2D eigenvalue weighted by molar-refractivity contribution is -0.123. The fraction of sp³-hybridized carbons (Fsp3) is 0.632. The van der Waals surface area contributed by atoms with Gasteiger partial charge in [-0.1, -0.05) is 32.9 Å². The van der Waals surface area contributed by atoms with Crippen LogP contribution in [0.1, 0.15) is 39.2 Å². The molecule has 0 bridgehead atoms. The highest BCUT2D eigenvalue weighted by Crippen LogP contribution is 2.27. The average molecular weight is 333 g/mol. The number of benzene rings is 1. The smallest absolute Gasteiger partial charge is 0.234 e. The quantitative estimate of drug-likeness (QED) is 0.802. The van der Waals surface area contributed by atoms with Gasteiger partial charge in [-0.3, -0.25) is 9.69 Å². The van der Waals surface area contributed by atoms with Crippen LogP contribution in [0, 0.1) is 5.41 Å². The third kappa shape index (κ3) is 5.49. The zero-order valence-corrected chi connectivity index (χ0v) is 15.2. The first kappa shape index (κ1) is 18.7. The van der Waals surface area contributed by atoms with Gasteiger partial charge < -0.3 is 15.8 Å². The summed E-state index contributed by atoms with van der Waals surface area (Å²) in [7, 11) is 0. The summed E-state index contributed by atoms with van der Waals surface area (Å²) >= 11 is 0. The lowest BCUT2D eigenvalue weighted by atomic mass is 9.80. The van der Waals surface area contributed by atoms with Gasteiger partial charge in [0.25, 0.3) is 0 Å². The summed E-state index contributed by atoms with van der Waals surface area (Å²) < 4.78 is 5.56. The Labute approximate surface area is 145 Å². The number of carbonyl (C=O) groups excluding carboxylic acids is 1. The van der Waals surface area contributed by atoms with E-state index in [0.717, 1.165) is 43.9 Å². The second kappa shape index (κ2) is 8.49. The van der Waals surface area contributed by atoms with Crippen molar-refractivity contribution in [3.63, 3.8) is 0 Å². The van der Waals surface area contributed by atoms with Crippen molar-refractivity contribution < 1.29 is 9.53 Å². The Bertz CT molecular complexity index is 528. The number of nitrogens with two attached hydrogens (primary N) is 1. The summed E-state index contributed by atoms with van der Waals surface area (Å²) in [5.41, 5.74) is 7.28. The molecule has 1 aromatic carbocycles.